The Labute approximate surface area is 259 Å². The van der Waals surface area contributed by atoms with E-state index >= 15 is 0 Å². The van der Waals surface area contributed by atoms with Crippen LogP contribution in [-0.2, 0) is 53.8 Å². The predicted molar refractivity (Wildman–Crippen MR) is 158 cm³/mol. The number of unbranched alkanes of at least 4 members (excludes halogenated alkanes) is 10. The maximum Gasteiger partial charge on any atom is 0.303 e. The molecule has 2 unspecified atom stereocenters. The Kier molecular flexibility index (Phi) is 16.1. The van der Waals surface area contributed by atoms with E-state index in [9.17, 15) is 23.4 Å². The molecule has 1 saturated heterocycles. The summed E-state index contributed by atoms with van der Waals surface area (Å²) in [6, 6.07) is 0. The summed E-state index contributed by atoms with van der Waals surface area (Å²) >= 11 is 0. The lowest BCUT2D eigenvalue weighted by Gasteiger charge is -2.28. The first-order chi connectivity index (χ1) is 22.2. The average Bonchev–Trinajstić information content (AvgIpc) is 3.40. The fourth-order valence-corrected chi connectivity index (χ4v) is 6.36. The monoisotopic (exact) mass is 623 g/mol. The number of carbonyl (C=O) groups is 4. The van der Waals surface area contributed by atoms with Gasteiger partial charge in [-0.05, 0) is 12.8 Å². The molecule has 1 aliphatic rings. The lowest BCUT2D eigenvalue weighted by Crippen LogP contribution is -2.47. The van der Waals surface area contributed by atoms with E-state index in [1.54, 1.807) is 4.31 Å². The van der Waals surface area contributed by atoms with Gasteiger partial charge in [0.1, 0.15) is 23.7 Å². The van der Waals surface area contributed by atoms with Crippen LogP contribution in [0.1, 0.15) is 124 Å². The zero-order valence-electron chi connectivity index (χ0n) is 29.3. The first kappa shape index (κ1) is 31.4. The van der Waals surface area contributed by atoms with Crippen molar-refractivity contribution < 1.29 is 52.6 Å². The van der Waals surface area contributed by atoms with Crippen molar-refractivity contribution in [2.75, 3.05) is 19.7 Å². The minimum absolute atomic E-state index is 0.451. The summed E-state index contributed by atoms with van der Waals surface area (Å²) in [7, 11) is -1.98. The molecule has 0 aromatic carbocycles. The van der Waals surface area contributed by atoms with Crippen molar-refractivity contribution >= 4 is 34.9 Å². The maximum atomic E-state index is 14.3. The lowest BCUT2D eigenvalue weighted by molar-refractivity contribution is -0.176. The highest BCUT2D eigenvalue weighted by molar-refractivity contribution is 7.83. The van der Waals surface area contributed by atoms with Crippen LogP contribution in [0.4, 0.5) is 0 Å². The van der Waals surface area contributed by atoms with Crippen molar-refractivity contribution in [3.8, 4) is 0 Å². The largest absolute Gasteiger partial charge is 0.462 e. The van der Waals surface area contributed by atoms with Crippen LogP contribution in [0.5, 0.6) is 0 Å². The van der Waals surface area contributed by atoms with Crippen molar-refractivity contribution in [2.24, 2.45) is 0 Å². The van der Waals surface area contributed by atoms with Gasteiger partial charge in [0, 0.05) is 46.2 Å². The molecule has 0 saturated carbocycles. The van der Waals surface area contributed by atoms with Crippen molar-refractivity contribution in [3.05, 3.63) is 0 Å². The Morgan fingerprint density at radius 2 is 1.24 bits per heavy atom. The Morgan fingerprint density at radius 3 is 1.76 bits per heavy atom. The number of nitrogens with zero attached hydrogens (tertiary/aromatic N) is 1. The molecule has 0 bridgehead atoms. The number of ether oxygens (including phenoxy) is 5. The van der Waals surface area contributed by atoms with Crippen LogP contribution in [0, 0.1) is 0 Å². The Hall–Kier alpha value is -2.05. The van der Waals surface area contributed by atoms with Crippen molar-refractivity contribution in [1.82, 2.24) is 4.31 Å². The van der Waals surface area contributed by atoms with Gasteiger partial charge in [0.15, 0.2) is 23.7 Å². The van der Waals surface area contributed by atoms with Crippen molar-refractivity contribution in [1.29, 1.82) is 0 Å². The van der Waals surface area contributed by atoms with Crippen LogP contribution in [0.15, 0.2) is 0 Å². The highest BCUT2D eigenvalue weighted by atomic mass is 32.2. The van der Waals surface area contributed by atoms with Gasteiger partial charge in [-0.15, -0.1) is 0 Å². The highest BCUT2D eigenvalue weighted by Gasteiger charge is 2.56. The van der Waals surface area contributed by atoms with Crippen molar-refractivity contribution in [3.63, 3.8) is 0 Å². The molecule has 42 heavy (non-hydrogen) atoms. The molecule has 1 aliphatic heterocycles. The standard InChI is InChI=1S/C30H53NO10S/c1-7-9-11-13-15-17-19-31(20-18-16-14-12-10-8-2)42(36)30-29(40-25(6)35)28(39-24(5)34)27(41-30)26(38-23(4)33)21-37-22(3)32/h26-30H,7-21H2,1-6H3/t26-,27-,28+,29-,30?,42?/m1/s1/i3D,4D,5D,6D. The van der Waals surface area contributed by atoms with Gasteiger partial charge in [-0.1, -0.05) is 78.1 Å². The molecular weight excluding hydrogens is 566 g/mol. The van der Waals surface area contributed by atoms with E-state index in [0.717, 1.165) is 77.0 Å². The summed E-state index contributed by atoms with van der Waals surface area (Å²) in [5, 5.41) is 0. The molecule has 6 atom stereocenters. The third-order valence-corrected chi connectivity index (χ3v) is 8.43. The minimum atomic E-state index is -1.98. The third-order valence-electron chi connectivity index (χ3n) is 6.78. The first-order valence-corrected chi connectivity index (χ1v) is 16.1. The Bertz CT molecular complexity index is 918. The quantitative estimate of drug-likeness (QED) is 0.0944. The zero-order chi connectivity index (χ0) is 34.3. The molecule has 244 valence electrons. The summed E-state index contributed by atoms with van der Waals surface area (Å²) in [6.07, 6.45) is 6.05. The molecular formula is C30H53NO10S. The molecule has 0 spiro atoms. The number of hydrogen-bond donors (Lipinski definition) is 0. The van der Waals surface area contributed by atoms with Crippen LogP contribution in [-0.4, -0.2) is 81.9 Å². The number of rotatable bonds is 22. The zero-order valence-corrected chi connectivity index (χ0v) is 26.1. The van der Waals surface area contributed by atoms with E-state index < -0.39 is 98.9 Å². The number of hydrogen-bond acceptors (Lipinski definition) is 10. The number of carbonyl (C=O) groups excluding carboxylic acids is 4. The topological polar surface area (TPSA) is 135 Å². The fourth-order valence-electron chi connectivity index (χ4n) is 4.79. The summed E-state index contributed by atoms with van der Waals surface area (Å²) in [5.74, 6) is -4.03. The second kappa shape index (κ2) is 21.6. The molecule has 11 nitrogen and oxygen atoms in total. The van der Waals surface area contributed by atoms with E-state index in [1.165, 1.54) is 0 Å². The molecule has 0 N–H and O–H groups in total. The van der Waals surface area contributed by atoms with E-state index in [1.807, 2.05) is 0 Å². The summed E-state index contributed by atoms with van der Waals surface area (Å²) in [5.41, 5.74) is -1.42. The Balaban J connectivity index is 3.41. The second-order valence-electron chi connectivity index (χ2n) is 10.3. The maximum absolute atomic E-state index is 14.3. The van der Waals surface area contributed by atoms with Crippen LogP contribution < -0.4 is 0 Å². The summed E-state index contributed by atoms with van der Waals surface area (Å²) < 4.78 is 72.8. The van der Waals surface area contributed by atoms with Crippen LogP contribution in [0.3, 0.4) is 0 Å². The van der Waals surface area contributed by atoms with Gasteiger partial charge in [-0.3, -0.25) is 19.2 Å². The average molecular weight is 624 g/mol. The van der Waals surface area contributed by atoms with Gasteiger partial charge in [-0.25, -0.2) is 8.51 Å². The Morgan fingerprint density at radius 1 is 0.738 bits per heavy atom. The van der Waals surface area contributed by atoms with Gasteiger partial charge in [0.05, 0.1) is 0 Å². The van der Waals surface area contributed by atoms with Crippen molar-refractivity contribution in [2.45, 2.75) is 148 Å². The van der Waals surface area contributed by atoms with Crippen LogP contribution >= 0.6 is 0 Å². The van der Waals surface area contributed by atoms with Crippen LogP contribution in [0.2, 0.25) is 0 Å². The molecule has 0 radical (unpaired) electrons. The molecule has 0 aliphatic carbocycles. The van der Waals surface area contributed by atoms with E-state index in [-0.39, 0.29) is 0 Å². The number of esters is 4. The van der Waals surface area contributed by atoms with Gasteiger partial charge < -0.3 is 23.7 Å². The molecule has 0 amide bonds. The fraction of sp³-hybridized carbons (Fsp3) is 0.867. The van der Waals surface area contributed by atoms with Gasteiger partial charge in [0.2, 0.25) is 0 Å². The predicted octanol–water partition coefficient (Wildman–Crippen LogP) is 4.76. The molecule has 1 fully saturated rings. The van der Waals surface area contributed by atoms with E-state index in [2.05, 4.69) is 13.8 Å². The summed E-state index contributed by atoms with van der Waals surface area (Å²) in [4.78, 5) is 48.7. The molecule has 0 aromatic rings. The lowest BCUT2D eigenvalue weighted by atomic mass is 10.1. The first-order valence-electron chi connectivity index (χ1n) is 17.7. The summed E-state index contributed by atoms with van der Waals surface area (Å²) in [6.45, 7) is 1.38. The van der Waals surface area contributed by atoms with E-state index in [4.69, 9.17) is 29.2 Å². The molecule has 1 heterocycles. The van der Waals surface area contributed by atoms with Gasteiger partial charge >= 0.3 is 23.9 Å². The van der Waals surface area contributed by atoms with Gasteiger partial charge in [0.25, 0.3) is 0 Å². The van der Waals surface area contributed by atoms with Crippen LogP contribution in [0.25, 0.3) is 0 Å². The second-order valence-corrected chi connectivity index (χ2v) is 11.9. The smallest absolute Gasteiger partial charge is 0.303 e. The third kappa shape index (κ3) is 14.9. The molecule has 1 rings (SSSR count). The van der Waals surface area contributed by atoms with Gasteiger partial charge in [-0.2, -0.15) is 0 Å². The molecule has 0 aromatic heterocycles. The van der Waals surface area contributed by atoms with E-state index in [0.29, 0.717) is 13.1 Å². The SMILES string of the molecule is [2H]CC(=O)OC[C@@H](OC(=O)C[2H])[C@H]1OC(S(=O)N(CCCCCCCC)CCCCCCCC)[C@H](OC(=O)C[2H])[C@H]1OC(=O)C[2H]. The minimum Gasteiger partial charge on any atom is -0.462 e. The highest BCUT2D eigenvalue weighted by Crippen LogP contribution is 2.33. The molecule has 12 heteroatoms. The normalized spacial score (nSPS) is 22.7.